The number of carboxylic acid groups (broad SMARTS) is 1. The molecule has 130 valence electrons. The predicted molar refractivity (Wildman–Crippen MR) is 95.4 cm³/mol. The van der Waals surface area contributed by atoms with Crippen LogP contribution < -0.4 is 0 Å². The van der Waals surface area contributed by atoms with Crippen LogP contribution in [-0.4, -0.2) is 25.2 Å². The van der Waals surface area contributed by atoms with Crippen molar-refractivity contribution in [1.29, 1.82) is 5.26 Å². The molecule has 0 unspecified atom stereocenters. The number of nitrogens with zero attached hydrogens (tertiary/aromatic N) is 3. The van der Waals surface area contributed by atoms with Gasteiger partial charge in [0.25, 0.3) is 0 Å². The Morgan fingerprint density at radius 3 is 2.81 bits per heavy atom. The summed E-state index contributed by atoms with van der Waals surface area (Å²) in [6, 6.07) is 8.58. The van der Waals surface area contributed by atoms with Crippen molar-refractivity contribution in [2.45, 2.75) is 28.9 Å². The highest BCUT2D eigenvalue weighted by Crippen LogP contribution is 2.50. The molecule has 1 fully saturated rings. The highest BCUT2D eigenvalue weighted by Gasteiger charge is 2.45. The average Bonchev–Trinajstić information content (AvgIpc) is 2.98. The Hall–Kier alpha value is -2.85. The monoisotopic (exact) mass is 367 g/mol. The van der Waals surface area contributed by atoms with Gasteiger partial charge in [0.05, 0.1) is 5.52 Å². The number of rotatable bonds is 4. The van der Waals surface area contributed by atoms with Crippen molar-refractivity contribution in [2.24, 2.45) is 0 Å². The van der Waals surface area contributed by atoms with E-state index in [0.717, 1.165) is 16.9 Å². The number of halogens is 1. The van der Waals surface area contributed by atoms with Crippen LogP contribution in [0.2, 0.25) is 0 Å². The summed E-state index contributed by atoms with van der Waals surface area (Å²) in [5.74, 6) is -1.25. The smallest absolute Gasteiger partial charge is 0.320 e. The van der Waals surface area contributed by atoms with Gasteiger partial charge in [0, 0.05) is 40.7 Å². The van der Waals surface area contributed by atoms with E-state index in [0.29, 0.717) is 29.6 Å². The van der Waals surface area contributed by atoms with Gasteiger partial charge in [0.1, 0.15) is 22.3 Å². The largest absolute Gasteiger partial charge is 0.480 e. The van der Waals surface area contributed by atoms with E-state index < -0.39 is 16.5 Å². The Morgan fingerprint density at radius 2 is 2.15 bits per heavy atom. The first-order valence-corrected chi connectivity index (χ1v) is 8.93. The van der Waals surface area contributed by atoms with Crippen molar-refractivity contribution in [3.8, 4) is 17.2 Å². The summed E-state index contributed by atoms with van der Waals surface area (Å²) < 4.78 is 14.5. The summed E-state index contributed by atoms with van der Waals surface area (Å²) >= 11 is 1.33. The van der Waals surface area contributed by atoms with Gasteiger partial charge in [-0.25, -0.2) is 4.39 Å². The maximum Gasteiger partial charge on any atom is 0.320 e. The van der Waals surface area contributed by atoms with Crippen LogP contribution in [0.5, 0.6) is 0 Å². The first kappa shape index (κ1) is 16.6. The van der Waals surface area contributed by atoms with Gasteiger partial charge in [-0.3, -0.25) is 9.78 Å². The molecule has 0 radical (unpaired) electrons. The van der Waals surface area contributed by atoms with E-state index in [1.807, 2.05) is 6.07 Å². The topological polar surface area (TPSA) is 78.4 Å². The third-order valence-electron chi connectivity index (χ3n) is 4.77. The Balaban J connectivity index is 1.87. The van der Waals surface area contributed by atoms with Crippen LogP contribution in [0.3, 0.4) is 0 Å². The molecule has 1 saturated carbocycles. The molecule has 1 aliphatic rings. The molecular weight excluding hydrogens is 353 g/mol. The van der Waals surface area contributed by atoms with Crippen molar-refractivity contribution in [3.63, 3.8) is 0 Å². The van der Waals surface area contributed by atoms with E-state index in [1.54, 1.807) is 30.6 Å². The summed E-state index contributed by atoms with van der Waals surface area (Å²) in [4.78, 5) is 16.7. The maximum absolute atomic E-state index is 13.8. The lowest BCUT2D eigenvalue weighted by molar-refractivity contribution is -0.142. The average molecular weight is 367 g/mol. The molecule has 7 heteroatoms. The van der Waals surface area contributed by atoms with Crippen molar-refractivity contribution >= 4 is 23.2 Å². The third kappa shape index (κ3) is 2.54. The number of hydrogen-bond acceptors (Lipinski definition) is 4. The number of carboxylic acids is 1. The number of pyridine rings is 2. The summed E-state index contributed by atoms with van der Waals surface area (Å²) in [5, 5.41) is 18.9. The number of fused-ring (bicyclic) bond motifs is 1. The lowest BCUT2D eigenvalue weighted by Crippen LogP contribution is -2.41. The fourth-order valence-electron chi connectivity index (χ4n) is 3.22. The molecule has 1 aliphatic carbocycles. The Bertz CT molecular complexity index is 1070. The molecule has 26 heavy (non-hydrogen) atoms. The van der Waals surface area contributed by atoms with Gasteiger partial charge in [0.2, 0.25) is 0 Å². The number of carbonyl (C=O) groups is 1. The van der Waals surface area contributed by atoms with Crippen LogP contribution in [0.15, 0.2) is 47.8 Å². The molecule has 5 nitrogen and oxygen atoms in total. The van der Waals surface area contributed by atoms with Gasteiger partial charge in [-0.15, -0.1) is 11.8 Å². The van der Waals surface area contributed by atoms with Crippen LogP contribution in [0.4, 0.5) is 4.39 Å². The second-order valence-electron chi connectivity index (χ2n) is 6.28. The molecule has 0 spiro atoms. The predicted octanol–water partition coefficient (Wildman–Crippen LogP) is 4.11. The molecule has 0 saturated heterocycles. The first-order valence-electron chi connectivity index (χ1n) is 8.11. The molecule has 0 bridgehead atoms. The molecule has 3 aromatic heterocycles. The second kappa shape index (κ2) is 6.15. The van der Waals surface area contributed by atoms with Gasteiger partial charge in [-0.05, 0) is 37.5 Å². The standard InChI is InChI=1S/C19H14FN3O2S/c20-12-8-16-14(3-2-13(9-21)23(16)11-12)15-10-22-7-4-17(15)26-19(18(24)25)5-1-6-19/h2-4,7-8,10-11H,1,5-6H2,(H,24,25). The zero-order valence-corrected chi connectivity index (χ0v) is 14.5. The minimum atomic E-state index is -0.813. The summed E-state index contributed by atoms with van der Waals surface area (Å²) in [6.07, 6.45) is 6.69. The molecule has 3 heterocycles. The van der Waals surface area contributed by atoms with Gasteiger partial charge >= 0.3 is 5.97 Å². The number of aromatic nitrogens is 2. The fraction of sp³-hybridized carbons (Fsp3) is 0.211. The van der Waals surface area contributed by atoms with E-state index in [1.165, 1.54) is 28.4 Å². The van der Waals surface area contributed by atoms with Crippen molar-refractivity contribution in [2.75, 3.05) is 0 Å². The van der Waals surface area contributed by atoms with Crippen LogP contribution in [0.25, 0.3) is 16.6 Å². The van der Waals surface area contributed by atoms with Crippen LogP contribution in [0, 0.1) is 17.1 Å². The van der Waals surface area contributed by atoms with E-state index in [9.17, 15) is 19.6 Å². The molecule has 4 rings (SSSR count). The first-order chi connectivity index (χ1) is 12.5. The molecule has 1 N–H and O–H groups in total. The van der Waals surface area contributed by atoms with Crippen molar-refractivity contribution in [1.82, 2.24) is 9.38 Å². The summed E-state index contributed by atoms with van der Waals surface area (Å²) in [6.45, 7) is 0. The van der Waals surface area contributed by atoms with Crippen molar-refractivity contribution < 1.29 is 14.3 Å². The van der Waals surface area contributed by atoms with E-state index in [-0.39, 0.29) is 0 Å². The SMILES string of the molecule is N#Cc1ccc(-c2cnccc2SC2(C(=O)O)CCC2)c2cc(F)cn12. The third-order valence-corrected chi connectivity index (χ3v) is 6.32. The van der Waals surface area contributed by atoms with Gasteiger partial charge in [-0.1, -0.05) is 0 Å². The number of hydrogen-bond donors (Lipinski definition) is 1. The minimum Gasteiger partial charge on any atom is -0.480 e. The number of nitriles is 1. The molecule has 0 atom stereocenters. The molecule has 3 aromatic rings. The van der Waals surface area contributed by atoms with Crippen LogP contribution in [-0.2, 0) is 4.79 Å². The highest BCUT2D eigenvalue weighted by atomic mass is 32.2. The van der Waals surface area contributed by atoms with Gasteiger partial charge in [0.15, 0.2) is 0 Å². The van der Waals surface area contributed by atoms with Crippen LogP contribution >= 0.6 is 11.8 Å². The summed E-state index contributed by atoms with van der Waals surface area (Å²) in [7, 11) is 0. The quantitative estimate of drug-likeness (QED) is 0.751. The van der Waals surface area contributed by atoms with Crippen molar-refractivity contribution in [3.05, 3.63) is 54.4 Å². The van der Waals surface area contributed by atoms with E-state index >= 15 is 0 Å². The Kier molecular flexibility index (Phi) is 3.93. The Morgan fingerprint density at radius 1 is 1.35 bits per heavy atom. The molecular formula is C19H14FN3O2S. The lowest BCUT2D eigenvalue weighted by Gasteiger charge is -2.37. The zero-order valence-electron chi connectivity index (χ0n) is 13.6. The Labute approximate surface area is 153 Å². The normalized spacial score (nSPS) is 15.4. The number of thioether (sulfide) groups is 1. The summed E-state index contributed by atoms with van der Waals surface area (Å²) in [5.41, 5.74) is 2.32. The maximum atomic E-state index is 13.8. The lowest BCUT2D eigenvalue weighted by atomic mass is 9.84. The molecule has 0 aromatic carbocycles. The second-order valence-corrected chi connectivity index (χ2v) is 7.71. The number of aliphatic carboxylic acids is 1. The molecule has 0 aliphatic heterocycles. The van der Waals surface area contributed by atoms with E-state index in [4.69, 9.17) is 0 Å². The van der Waals surface area contributed by atoms with Gasteiger partial charge in [-0.2, -0.15) is 5.26 Å². The van der Waals surface area contributed by atoms with Gasteiger partial charge < -0.3 is 9.51 Å². The van der Waals surface area contributed by atoms with E-state index in [2.05, 4.69) is 4.98 Å². The molecule has 0 amide bonds. The highest BCUT2D eigenvalue weighted by molar-refractivity contribution is 8.01. The minimum absolute atomic E-state index is 0.326. The van der Waals surface area contributed by atoms with Crippen LogP contribution in [0.1, 0.15) is 25.0 Å². The fourth-order valence-corrected chi connectivity index (χ4v) is 4.63. The zero-order chi connectivity index (χ0) is 18.3.